The van der Waals surface area contributed by atoms with Crippen LogP contribution in [0, 0.1) is 13.8 Å². The van der Waals surface area contributed by atoms with E-state index in [1.807, 2.05) is 41.0 Å². The van der Waals surface area contributed by atoms with Crippen molar-refractivity contribution in [2.75, 3.05) is 13.1 Å². The van der Waals surface area contributed by atoms with Crippen LogP contribution < -0.4 is 0 Å². The standard InChI is InChI=1S/C16H22N4O/c1-12-11-17-13(2)20(12)14-6-9-19(10-7-14)16(21)15-5-4-8-18(15)3/h4-5,8,11,14H,6-7,9-10H2,1-3H3. The fourth-order valence-corrected chi connectivity index (χ4v) is 3.29. The van der Waals surface area contributed by atoms with Crippen molar-refractivity contribution < 1.29 is 4.79 Å². The summed E-state index contributed by atoms with van der Waals surface area (Å²) in [5.74, 6) is 1.21. The second-order valence-electron chi connectivity index (χ2n) is 5.84. The summed E-state index contributed by atoms with van der Waals surface area (Å²) in [4.78, 5) is 18.8. The molecule has 2 aromatic heterocycles. The molecular weight excluding hydrogens is 264 g/mol. The Labute approximate surface area is 125 Å². The fourth-order valence-electron chi connectivity index (χ4n) is 3.29. The van der Waals surface area contributed by atoms with Gasteiger partial charge in [-0.15, -0.1) is 0 Å². The van der Waals surface area contributed by atoms with Gasteiger partial charge in [0.2, 0.25) is 0 Å². The molecule has 1 saturated heterocycles. The minimum absolute atomic E-state index is 0.139. The van der Waals surface area contributed by atoms with E-state index in [2.05, 4.69) is 23.4 Å². The monoisotopic (exact) mass is 286 g/mol. The highest BCUT2D eigenvalue weighted by molar-refractivity contribution is 5.92. The van der Waals surface area contributed by atoms with E-state index in [0.717, 1.165) is 37.4 Å². The SMILES string of the molecule is Cc1cnc(C)n1C1CCN(C(=O)c2cccn2C)CC1. The van der Waals surface area contributed by atoms with Gasteiger partial charge < -0.3 is 14.0 Å². The van der Waals surface area contributed by atoms with Crippen LogP contribution in [-0.2, 0) is 7.05 Å². The molecule has 0 unspecified atom stereocenters. The topological polar surface area (TPSA) is 43.1 Å². The lowest BCUT2D eigenvalue weighted by atomic mass is 10.0. The quantitative estimate of drug-likeness (QED) is 0.850. The number of nitrogens with zero attached hydrogens (tertiary/aromatic N) is 4. The summed E-state index contributed by atoms with van der Waals surface area (Å²) >= 11 is 0. The summed E-state index contributed by atoms with van der Waals surface area (Å²) in [6, 6.07) is 4.27. The molecular formula is C16H22N4O. The van der Waals surface area contributed by atoms with Crippen LogP contribution in [0.2, 0.25) is 0 Å². The molecule has 0 N–H and O–H groups in total. The van der Waals surface area contributed by atoms with Gasteiger partial charge in [0.05, 0.1) is 0 Å². The smallest absolute Gasteiger partial charge is 0.270 e. The molecule has 112 valence electrons. The van der Waals surface area contributed by atoms with Crippen molar-refractivity contribution in [1.82, 2.24) is 19.0 Å². The molecule has 3 heterocycles. The maximum atomic E-state index is 12.5. The maximum absolute atomic E-state index is 12.5. The summed E-state index contributed by atoms with van der Waals surface area (Å²) < 4.78 is 4.20. The Balaban J connectivity index is 1.68. The summed E-state index contributed by atoms with van der Waals surface area (Å²) in [5.41, 5.74) is 1.98. The lowest BCUT2D eigenvalue weighted by Crippen LogP contribution is -2.40. The number of carbonyl (C=O) groups is 1. The zero-order valence-corrected chi connectivity index (χ0v) is 12.9. The normalized spacial score (nSPS) is 16.4. The molecule has 0 aliphatic carbocycles. The van der Waals surface area contributed by atoms with Crippen LogP contribution in [0.4, 0.5) is 0 Å². The summed E-state index contributed by atoms with van der Waals surface area (Å²) in [6.45, 7) is 5.77. The number of aryl methyl sites for hydroxylation is 3. The first-order valence-electron chi connectivity index (χ1n) is 7.49. The summed E-state index contributed by atoms with van der Waals surface area (Å²) in [5, 5.41) is 0. The highest BCUT2D eigenvalue weighted by Crippen LogP contribution is 2.26. The molecule has 0 bridgehead atoms. The van der Waals surface area contributed by atoms with Crippen LogP contribution in [0.1, 0.15) is 40.9 Å². The lowest BCUT2D eigenvalue weighted by Gasteiger charge is -2.33. The lowest BCUT2D eigenvalue weighted by molar-refractivity contribution is 0.0684. The van der Waals surface area contributed by atoms with Crippen LogP contribution in [0.25, 0.3) is 0 Å². The molecule has 3 rings (SSSR count). The number of hydrogen-bond donors (Lipinski definition) is 0. The molecule has 2 aromatic rings. The minimum Gasteiger partial charge on any atom is -0.347 e. The van der Waals surface area contributed by atoms with Crippen molar-refractivity contribution in [3.63, 3.8) is 0 Å². The molecule has 21 heavy (non-hydrogen) atoms. The van der Waals surface area contributed by atoms with Gasteiger partial charge in [0.15, 0.2) is 0 Å². The van der Waals surface area contributed by atoms with Crippen LogP contribution >= 0.6 is 0 Å². The Hall–Kier alpha value is -2.04. The van der Waals surface area contributed by atoms with Crippen LogP contribution in [0.5, 0.6) is 0 Å². The van der Waals surface area contributed by atoms with Gasteiger partial charge in [-0.1, -0.05) is 0 Å². The van der Waals surface area contributed by atoms with Gasteiger partial charge in [-0.25, -0.2) is 4.98 Å². The van der Waals surface area contributed by atoms with Gasteiger partial charge in [0, 0.05) is 44.3 Å². The molecule has 0 aromatic carbocycles. The summed E-state index contributed by atoms with van der Waals surface area (Å²) in [6.07, 6.45) is 5.83. The minimum atomic E-state index is 0.139. The van der Waals surface area contributed by atoms with Gasteiger partial charge in [-0.2, -0.15) is 0 Å². The average molecular weight is 286 g/mol. The summed E-state index contributed by atoms with van der Waals surface area (Å²) in [7, 11) is 1.91. The Morgan fingerprint density at radius 2 is 2.00 bits per heavy atom. The number of aromatic nitrogens is 3. The first-order chi connectivity index (χ1) is 10.1. The molecule has 1 fully saturated rings. The van der Waals surface area contributed by atoms with E-state index < -0.39 is 0 Å². The third kappa shape index (κ3) is 2.48. The molecule has 1 aliphatic heterocycles. The Morgan fingerprint density at radius 3 is 2.52 bits per heavy atom. The average Bonchev–Trinajstić information content (AvgIpc) is 3.05. The number of amides is 1. The van der Waals surface area contributed by atoms with Gasteiger partial charge in [-0.05, 0) is 38.8 Å². The highest BCUT2D eigenvalue weighted by atomic mass is 16.2. The first kappa shape index (κ1) is 13.9. The zero-order chi connectivity index (χ0) is 15.0. The molecule has 0 saturated carbocycles. The predicted octanol–water partition coefficient (Wildman–Crippen LogP) is 2.32. The zero-order valence-electron chi connectivity index (χ0n) is 12.9. The van der Waals surface area contributed by atoms with E-state index in [9.17, 15) is 4.79 Å². The molecule has 0 atom stereocenters. The molecule has 0 radical (unpaired) electrons. The van der Waals surface area contributed by atoms with Gasteiger partial charge in [0.25, 0.3) is 5.91 Å². The van der Waals surface area contributed by atoms with Crippen molar-refractivity contribution in [2.24, 2.45) is 7.05 Å². The van der Waals surface area contributed by atoms with Gasteiger partial charge in [0.1, 0.15) is 11.5 Å². The van der Waals surface area contributed by atoms with E-state index in [1.165, 1.54) is 5.69 Å². The fraction of sp³-hybridized carbons (Fsp3) is 0.500. The molecule has 1 amide bonds. The second kappa shape index (κ2) is 5.39. The third-order valence-corrected chi connectivity index (χ3v) is 4.45. The number of hydrogen-bond acceptors (Lipinski definition) is 2. The van der Waals surface area contributed by atoms with E-state index in [1.54, 1.807) is 0 Å². The van der Waals surface area contributed by atoms with Crippen molar-refractivity contribution in [3.05, 3.63) is 41.7 Å². The van der Waals surface area contributed by atoms with Crippen molar-refractivity contribution in [3.8, 4) is 0 Å². The van der Waals surface area contributed by atoms with Crippen molar-refractivity contribution in [1.29, 1.82) is 0 Å². The molecule has 1 aliphatic rings. The number of likely N-dealkylation sites (tertiary alicyclic amines) is 1. The van der Waals surface area contributed by atoms with Crippen LogP contribution in [0.3, 0.4) is 0 Å². The molecule has 5 nitrogen and oxygen atoms in total. The van der Waals surface area contributed by atoms with Gasteiger partial charge >= 0.3 is 0 Å². The van der Waals surface area contributed by atoms with Crippen LogP contribution in [-0.4, -0.2) is 38.0 Å². The predicted molar refractivity (Wildman–Crippen MR) is 81.3 cm³/mol. The maximum Gasteiger partial charge on any atom is 0.270 e. The van der Waals surface area contributed by atoms with Gasteiger partial charge in [-0.3, -0.25) is 4.79 Å². The van der Waals surface area contributed by atoms with E-state index in [0.29, 0.717) is 6.04 Å². The Bertz CT molecular complexity index is 628. The number of imidazole rings is 1. The Kier molecular flexibility index (Phi) is 3.57. The Morgan fingerprint density at radius 1 is 1.29 bits per heavy atom. The van der Waals surface area contributed by atoms with Crippen molar-refractivity contribution >= 4 is 5.91 Å². The number of rotatable bonds is 2. The highest BCUT2D eigenvalue weighted by Gasteiger charge is 2.26. The number of carbonyl (C=O) groups excluding carboxylic acids is 1. The van der Waals surface area contributed by atoms with E-state index >= 15 is 0 Å². The first-order valence-corrected chi connectivity index (χ1v) is 7.49. The second-order valence-corrected chi connectivity index (χ2v) is 5.84. The van der Waals surface area contributed by atoms with Crippen molar-refractivity contribution in [2.45, 2.75) is 32.7 Å². The molecule has 0 spiro atoms. The van der Waals surface area contributed by atoms with E-state index in [-0.39, 0.29) is 5.91 Å². The van der Waals surface area contributed by atoms with Crippen LogP contribution in [0.15, 0.2) is 24.5 Å². The van der Waals surface area contributed by atoms with E-state index in [4.69, 9.17) is 0 Å². The molecule has 5 heteroatoms. The number of piperidine rings is 1. The largest absolute Gasteiger partial charge is 0.347 e. The third-order valence-electron chi connectivity index (χ3n) is 4.45.